The second-order valence-electron chi connectivity index (χ2n) is 4.68. The Balaban J connectivity index is 1.74. The Kier molecular flexibility index (Phi) is 2.70. The summed E-state index contributed by atoms with van der Waals surface area (Å²) in [7, 11) is 1.77. The quantitative estimate of drug-likeness (QED) is 0.817. The lowest BCUT2D eigenvalue weighted by atomic mass is 10.1. The number of ether oxygens (including phenoxy) is 1. The van der Waals surface area contributed by atoms with Crippen molar-refractivity contribution < 1.29 is 4.74 Å². The molecule has 0 saturated heterocycles. The van der Waals surface area contributed by atoms with Crippen LogP contribution >= 0.6 is 0 Å². The van der Waals surface area contributed by atoms with Gasteiger partial charge in [-0.25, -0.2) is 4.79 Å². The van der Waals surface area contributed by atoms with Crippen molar-refractivity contribution in [2.45, 2.75) is 19.4 Å². The molecule has 0 amide bonds. The van der Waals surface area contributed by atoms with E-state index in [4.69, 9.17) is 4.74 Å². The molecule has 0 N–H and O–H groups in total. The normalized spacial score (nSPS) is 13.4. The highest BCUT2D eigenvalue weighted by Gasteiger charge is 2.11. The van der Waals surface area contributed by atoms with Gasteiger partial charge >= 0.3 is 5.69 Å². The van der Waals surface area contributed by atoms with E-state index in [0.717, 1.165) is 31.7 Å². The average Bonchev–Trinajstić information content (AvgIpc) is 2.96. The largest absolute Gasteiger partial charge is 0.493 e. The molecule has 0 saturated carbocycles. The van der Waals surface area contributed by atoms with Crippen LogP contribution in [0.1, 0.15) is 11.1 Å². The summed E-state index contributed by atoms with van der Waals surface area (Å²) in [4.78, 5) is 11.7. The van der Waals surface area contributed by atoms with Crippen LogP contribution in [0.15, 0.2) is 35.4 Å². The molecule has 94 valence electrons. The van der Waals surface area contributed by atoms with Gasteiger partial charge in [-0.15, -0.1) is 0 Å². The molecular weight excluding hydrogens is 228 g/mol. The number of rotatable bonds is 3. The minimum absolute atomic E-state index is 0.0412. The maximum Gasteiger partial charge on any atom is 0.327 e. The molecule has 2 aromatic rings. The SMILES string of the molecule is Cn1ccn(CCc2ccc3c(c2)CCO3)c1=O. The van der Waals surface area contributed by atoms with Crippen LogP contribution in [-0.4, -0.2) is 15.7 Å². The Morgan fingerprint density at radius 3 is 3.00 bits per heavy atom. The lowest BCUT2D eigenvalue weighted by Gasteiger charge is -2.04. The van der Waals surface area contributed by atoms with Crippen molar-refractivity contribution >= 4 is 0 Å². The van der Waals surface area contributed by atoms with Crippen LogP contribution in [0.3, 0.4) is 0 Å². The van der Waals surface area contributed by atoms with Crippen molar-refractivity contribution in [2.24, 2.45) is 7.05 Å². The molecule has 0 aliphatic carbocycles. The molecule has 0 unspecified atom stereocenters. The van der Waals surface area contributed by atoms with Crippen LogP contribution in [0.5, 0.6) is 5.75 Å². The maximum atomic E-state index is 11.7. The number of hydrogen-bond donors (Lipinski definition) is 0. The highest BCUT2D eigenvalue weighted by atomic mass is 16.5. The predicted molar refractivity (Wildman–Crippen MR) is 69.0 cm³/mol. The zero-order valence-electron chi connectivity index (χ0n) is 10.4. The molecule has 18 heavy (non-hydrogen) atoms. The van der Waals surface area contributed by atoms with Crippen molar-refractivity contribution in [3.05, 3.63) is 52.2 Å². The molecule has 1 aromatic carbocycles. The summed E-state index contributed by atoms with van der Waals surface area (Å²) in [6.07, 6.45) is 5.49. The molecule has 3 rings (SSSR count). The van der Waals surface area contributed by atoms with Crippen molar-refractivity contribution in [3.8, 4) is 5.75 Å². The summed E-state index contributed by atoms with van der Waals surface area (Å²) >= 11 is 0. The molecule has 4 heteroatoms. The smallest absolute Gasteiger partial charge is 0.327 e. The number of imidazole rings is 1. The maximum absolute atomic E-state index is 11.7. The standard InChI is InChI=1S/C14H16N2O2/c1-15-7-8-16(14(15)17)6-4-11-2-3-13-12(10-11)5-9-18-13/h2-3,7-8,10H,4-6,9H2,1H3. The van der Waals surface area contributed by atoms with E-state index in [0.29, 0.717) is 0 Å². The van der Waals surface area contributed by atoms with Crippen LogP contribution in [0, 0.1) is 0 Å². The van der Waals surface area contributed by atoms with Gasteiger partial charge in [0.05, 0.1) is 6.61 Å². The summed E-state index contributed by atoms with van der Waals surface area (Å²) in [5.74, 6) is 1.01. The van der Waals surface area contributed by atoms with Crippen molar-refractivity contribution in [2.75, 3.05) is 6.61 Å². The first-order valence-corrected chi connectivity index (χ1v) is 6.20. The molecule has 0 bridgehead atoms. The Hall–Kier alpha value is -1.97. The van der Waals surface area contributed by atoms with E-state index < -0.39 is 0 Å². The van der Waals surface area contributed by atoms with E-state index in [1.54, 1.807) is 22.4 Å². The summed E-state index contributed by atoms with van der Waals surface area (Å²) in [5, 5.41) is 0. The zero-order valence-corrected chi connectivity index (χ0v) is 10.4. The summed E-state index contributed by atoms with van der Waals surface area (Å²) in [5.41, 5.74) is 2.59. The van der Waals surface area contributed by atoms with Crippen molar-refractivity contribution in [1.29, 1.82) is 0 Å². The summed E-state index contributed by atoms with van der Waals surface area (Å²) in [6.45, 7) is 1.51. The number of hydrogen-bond acceptors (Lipinski definition) is 2. The van der Waals surface area contributed by atoms with E-state index in [2.05, 4.69) is 12.1 Å². The lowest BCUT2D eigenvalue weighted by Crippen LogP contribution is -2.22. The first-order chi connectivity index (χ1) is 8.74. The van der Waals surface area contributed by atoms with Crippen LogP contribution < -0.4 is 10.4 Å². The molecule has 0 atom stereocenters. The van der Waals surface area contributed by atoms with Gasteiger partial charge in [0.2, 0.25) is 0 Å². The molecule has 2 heterocycles. The fourth-order valence-electron chi connectivity index (χ4n) is 2.33. The van der Waals surface area contributed by atoms with Crippen molar-refractivity contribution in [3.63, 3.8) is 0 Å². The monoisotopic (exact) mass is 244 g/mol. The van der Waals surface area contributed by atoms with Gasteiger partial charge in [0.1, 0.15) is 5.75 Å². The molecule has 4 nitrogen and oxygen atoms in total. The Morgan fingerprint density at radius 1 is 1.33 bits per heavy atom. The minimum Gasteiger partial charge on any atom is -0.493 e. The molecular formula is C14H16N2O2. The first kappa shape index (κ1) is 11.1. The topological polar surface area (TPSA) is 36.2 Å². The van der Waals surface area contributed by atoms with Gasteiger partial charge in [0, 0.05) is 32.4 Å². The van der Waals surface area contributed by atoms with E-state index in [1.165, 1.54) is 11.1 Å². The van der Waals surface area contributed by atoms with Gasteiger partial charge in [0.25, 0.3) is 0 Å². The molecule has 1 aliphatic rings. The van der Waals surface area contributed by atoms with Gasteiger partial charge < -0.3 is 9.30 Å². The Bertz CT molecular complexity index is 625. The number of nitrogens with zero attached hydrogens (tertiary/aromatic N) is 2. The van der Waals surface area contributed by atoms with Crippen LogP contribution in [0.4, 0.5) is 0 Å². The van der Waals surface area contributed by atoms with Gasteiger partial charge in [-0.1, -0.05) is 12.1 Å². The summed E-state index contributed by atoms with van der Waals surface area (Å²) in [6, 6.07) is 6.31. The molecule has 1 aliphatic heterocycles. The fourth-order valence-corrected chi connectivity index (χ4v) is 2.33. The summed E-state index contributed by atoms with van der Waals surface area (Å²) < 4.78 is 8.81. The number of aryl methyl sites for hydroxylation is 3. The minimum atomic E-state index is 0.0412. The van der Waals surface area contributed by atoms with Crippen LogP contribution in [0.25, 0.3) is 0 Å². The van der Waals surface area contributed by atoms with Gasteiger partial charge in [-0.3, -0.25) is 4.57 Å². The Labute approximate surface area is 105 Å². The average molecular weight is 244 g/mol. The van der Waals surface area contributed by atoms with Gasteiger partial charge in [0.15, 0.2) is 0 Å². The lowest BCUT2D eigenvalue weighted by molar-refractivity contribution is 0.357. The van der Waals surface area contributed by atoms with E-state index in [-0.39, 0.29) is 5.69 Å². The second kappa shape index (κ2) is 4.37. The predicted octanol–water partition coefficient (Wildman–Crippen LogP) is 1.36. The molecule has 1 aromatic heterocycles. The van der Waals surface area contributed by atoms with Gasteiger partial charge in [-0.05, 0) is 23.6 Å². The number of aromatic nitrogens is 2. The third-order valence-electron chi connectivity index (χ3n) is 3.41. The van der Waals surface area contributed by atoms with E-state index >= 15 is 0 Å². The number of fused-ring (bicyclic) bond motifs is 1. The highest BCUT2D eigenvalue weighted by molar-refractivity contribution is 5.39. The third-order valence-corrected chi connectivity index (χ3v) is 3.41. The fraction of sp³-hybridized carbons (Fsp3) is 0.357. The van der Waals surface area contributed by atoms with E-state index in [9.17, 15) is 4.79 Å². The van der Waals surface area contributed by atoms with E-state index in [1.807, 2.05) is 12.3 Å². The van der Waals surface area contributed by atoms with Gasteiger partial charge in [-0.2, -0.15) is 0 Å². The third kappa shape index (κ3) is 1.94. The zero-order chi connectivity index (χ0) is 12.5. The van der Waals surface area contributed by atoms with Crippen LogP contribution in [-0.2, 0) is 26.4 Å². The highest BCUT2D eigenvalue weighted by Crippen LogP contribution is 2.25. The van der Waals surface area contributed by atoms with Crippen LogP contribution in [0.2, 0.25) is 0 Å². The number of benzene rings is 1. The van der Waals surface area contributed by atoms with Crippen molar-refractivity contribution in [1.82, 2.24) is 9.13 Å². The molecule has 0 radical (unpaired) electrons. The second-order valence-corrected chi connectivity index (χ2v) is 4.68. The molecule has 0 spiro atoms. The Morgan fingerprint density at radius 2 is 2.22 bits per heavy atom. The molecule has 0 fully saturated rings. The first-order valence-electron chi connectivity index (χ1n) is 6.20.